The van der Waals surface area contributed by atoms with Crippen LogP contribution in [-0.4, -0.2) is 48.1 Å². The fourth-order valence-electron chi connectivity index (χ4n) is 2.57. The third kappa shape index (κ3) is 3.13. The average molecular weight is 291 g/mol. The zero-order valence-electron chi connectivity index (χ0n) is 11.7. The zero-order chi connectivity index (χ0) is 15.6. The minimum Gasteiger partial charge on any atom is -0.481 e. The van der Waals surface area contributed by atoms with Crippen LogP contribution >= 0.6 is 0 Å². The van der Waals surface area contributed by atoms with Crippen LogP contribution in [0.1, 0.15) is 17.9 Å². The number of primary amides is 1. The van der Waals surface area contributed by atoms with Gasteiger partial charge in [-0.3, -0.25) is 14.5 Å². The first-order valence-corrected chi connectivity index (χ1v) is 6.51. The summed E-state index contributed by atoms with van der Waals surface area (Å²) in [7, 11) is 1.49. The molecule has 1 aromatic rings. The first kappa shape index (κ1) is 14.8. The number of amides is 3. The lowest BCUT2D eigenvalue weighted by Gasteiger charge is -2.24. The van der Waals surface area contributed by atoms with E-state index in [1.165, 1.54) is 16.8 Å². The Kier molecular flexibility index (Phi) is 4.11. The number of para-hydroxylation sites is 1. The van der Waals surface area contributed by atoms with Crippen molar-refractivity contribution < 1.29 is 19.5 Å². The van der Waals surface area contributed by atoms with Crippen LogP contribution in [0.25, 0.3) is 0 Å². The second kappa shape index (κ2) is 5.82. The Balaban J connectivity index is 2.24. The molecule has 1 aromatic carbocycles. The SMILES string of the molecule is CN(CC(N)=O)C(=O)N1CC(CC(=O)O)c2ccccc21. The molecule has 7 heteroatoms. The van der Waals surface area contributed by atoms with Crippen LogP contribution in [0.5, 0.6) is 0 Å². The Morgan fingerprint density at radius 2 is 2.05 bits per heavy atom. The summed E-state index contributed by atoms with van der Waals surface area (Å²) in [5.74, 6) is -1.75. The highest BCUT2D eigenvalue weighted by atomic mass is 16.4. The van der Waals surface area contributed by atoms with E-state index in [-0.39, 0.29) is 31.5 Å². The highest BCUT2D eigenvalue weighted by Gasteiger charge is 2.34. The van der Waals surface area contributed by atoms with E-state index in [1.807, 2.05) is 12.1 Å². The average Bonchev–Trinajstić information content (AvgIpc) is 2.75. The van der Waals surface area contributed by atoms with Crippen LogP contribution in [0.2, 0.25) is 0 Å². The van der Waals surface area contributed by atoms with Crippen molar-refractivity contribution in [1.29, 1.82) is 0 Å². The van der Waals surface area contributed by atoms with Gasteiger partial charge in [0.1, 0.15) is 6.54 Å². The van der Waals surface area contributed by atoms with Crippen LogP contribution in [0.4, 0.5) is 10.5 Å². The quantitative estimate of drug-likeness (QED) is 0.847. The first-order valence-electron chi connectivity index (χ1n) is 6.51. The molecule has 1 unspecified atom stereocenters. The van der Waals surface area contributed by atoms with Crippen molar-refractivity contribution in [2.45, 2.75) is 12.3 Å². The van der Waals surface area contributed by atoms with Crippen molar-refractivity contribution in [2.24, 2.45) is 5.73 Å². The fourth-order valence-corrected chi connectivity index (χ4v) is 2.57. The molecular weight excluding hydrogens is 274 g/mol. The number of aliphatic carboxylic acids is 1. The number of carboxylic acid groups (broad SMARTS) is 1. The van der Waals surface area contributed by atoms with Gasteiger partial charge in [0.25, 0.3) is 0 Å². The highest BCUT2D eigenvalue weighted by molar-refractivity contribution is 5.96. The van der Waals surface area contributed by atoms with Gasteiger partial charge in [0.05, 0.1) is 6.42 Å². The largest absolute Gasteiger partial charge is 0.481 e. The minimum atomic E-state index is -0.908. The molecule has 21 heavy (non-hydrogen) atoms. The zero-order valence-corrected chi connectivity index (χ0v) is 11.7. The molecule has 0 spiro atoms. The van der Waals surface area contributed by atoms with Gasteiger partial charge in [0, 0.05) is 25.2 Å². The van der Waals surface area contributed by atoms with Crippen LogP contribution in [0.3, 0.4) is 0 Å². The number of anilines is 1. The van der Waals surface area contributed by atoms with E-state index in [1.54, 1.807) is 12.1 Å². The van der Waals surface area contributed by atoms with Crippen molar-refractivity contribution in [2.75, 3.05) is 25.0 Å². The summed E-state index contributed by atoms with van der Waals surface area (Å²) in [6.07, 6.45) is -0.0413. The normalized spacial score (nSPS) is 16.4. The number of rotatable bonds is 4. The molecule has 3 amide bonds. The summed E-state index contributed by atoms with van der Waals surface area (Å²) in [5, 5.41) is 8.98. The summed E-state index contributed by atoms with van der Waals surface area (Å²) in [6.45, 7) is 0.106. The van der Waals surface area contributed by atoms with E-state index in [4.69, 9.17) is 10.8 Å². The topological polar surface area (TPSA) is 104 Å². The lowest BCUT2D eigenvalue weighted by atomic mass is 9.98. The maximum absolute atomic E-state index is 12.4. The van der Waals surface area contributed by atoms with Crippen molar-refractivity contribution in [3.05, 3.63) is 29.8 Å². The van der Waals surface area contributed by atoms with Crippen LogP contribution < -0.4 is 10.6 Å². The van der Waals surface area contributed by atoms with E-state index in [0.717, 1.165) is 5.56 Å². The van der Waals surface area contributed by atoms with Crippen molar-refractivity contribution in [1.82, 2.24) is 4.90 Å². The molecule has 0 saturated heterocycles. The minimum absolute atomic E-state index is 0.0413. The molecule has 0 aromatic heterocycles. The van der Waals surface area contributed by atoms with Crippen LogP contribution in [-0.2, 0) is 9.59 Å². The Morgan fingerprint density at radius 1 is 1.38 bits per heavy atom. The smallest absolute Gasteiger partial charge is 0.324 e. The number of benzene rings is 1. The molecular formula is C14H17N3O4. The monoisotopic (exact) mass is 291 g/mol. The standard InChI is InChI=1S/C14H17N3O4/c1-16(8-12(15)18)14(21)17-7-9(6-13(19)20)10-4-2-3-5-11(10)17/h2-5,9H,6-8H2,1H3,(H2,15,18)(H,19,20). The molecule has 0 bridgehead atoms. The fraction of sp³-hybridized carbons (Fsp3) is 0.357. The summed E-state index contributed by atoms with van der Waals surface area (Å²) in [6, 6.07) is 6.83. The van der Waals surface area contributed by atoms with Crippen LogP contribution in [0.15, 0.2) is 24.3 Å². The van der Waals surface area contributed by atoms with Gasteiger partial charge in [-0.25, -0.2) is 4.79 Å². The number of carbonyl (C=O) groups excluding carboxylic acids is 2. The number of nitrogens with two attached hydrogens (primary N) is 1. The van der Waals surface area contributed by atoms with E-state index >= 15 is 0 Å². The maximum Gasteiger partial charge on any atom is 0.324 e. The number of carbonyl (C=O) groups is 3. The summed E-state index contributed by atoms with van der Waals surface area (Å²) in [5.41, 5.74) is 6.61. The van der Waals surface area contributed by atoms with E-state index in [9.17, 15) is 14.4 Å². The summed E-state index contributed by atoms with van der Waals surface area (Å²) >= 11 is 0. The Hall–Kier alpha value is -2.57. The second-order valence-electron chi connectivity index (χ2n) is 5.07. The predicted molar refractivity (Wildman–Crippen MR) is 76.0 cm³/mol. The first-order chi connectivity index (χ1) is 9.90. The van der Waals surface area contributed by atoms with Gasteiger partial charge in [-0.2, -0.15) is 0 Å². The molecule has 2 rings (SSSR count). The number of urea groups is 1. The number of hydrogen-bond donors (Lipinski definition) is 2. The molecule has 1 aliphatic heterocycles. The third-order valence-electron chi connectivity index (χ3n) is 3.44. The van der Waals surface area contributed by atoms with E-state index < -0.39 is 11.9 Å². The van der Waals surface area contributed by atoms with Gasteiger partial charge in [-0.05, 0) is 11.6 Å². The van der Waals surface area contributed by atoms with Crippen molar-refractivity contribution in [3.63, 3.8) is 0 Å². The molecule has 1 atom stereocenters. The predicted octanol–water partition coefficient (Wildman–Crippen LogP) is 0.602. The Labute approximate surface area is 121 Å². The number of nitrogens with zero attached hydrogens (tertiary/aromatic N) is 2. The number of fused-ring (bicyclic) bond motifs is 1. The lowest BCUT2D eigenvalue weighted by Crippen LogP contribution is -2.44. The van der Waals surface area contributed by atoms with Gasteiger partial charge < -0.3 is 15.7 Å². The van der Waals surface area contributed by atoms with Crippen molar-refractivity contribution >= 4 is 23.6 Å². The molecule has 3 N–H and O–H groups in total. The summed E-state index contributed by atoms with van der Waals surface area (Å²) in [4.78, 5) is 37.0. The highest BCUT2D eigenvalue weighted by Crippen LogP contribution is 2.38. The molecule has 0 fully saturated rings. The summed E-state index contributed by atoms with van der Waals surface area (Å²) < 4.78 is 0. The lowest BCUT2D eigenvalue weighted by molar-refractivity contribution is -0.137. The number of hydrogen-bond acceptors (Lipinski definition) is 3. The van der Waals surface area contributed by atoms with Gasteiger partial charge in [-0.1, -0.05) is 18.2 Å². The third-order valence-corrected chi connectivity index (χ3v) is 3.44. The molecule has 1 aliphatic rings. The number of carboxylic acids is 1. The molecule has 1 heterocycles. The molecule has 0 saturated carbocycles. The molecule has 0 aliphatic carbocycles. The van der Waals surface area contributed by atoms with Gasteiger partial charge in [-0.15, -0.1) is 0 Å². The molecule has 7 nitrogen and oxygen atoms in total. The van der Waals surface area contributed by atoms with Gasteiger partial charge in [0.15, 0.2) is 0 Å². The number of likely N-dealkylation sites (N-methyl/N-ethyl adjacent to an activating group) is 1. The van der Waals surface area contributed by atoms with Gasteiger partial charge in [0.2, 0.25) is 5.91 Å². The van der Waals surface area contributed by atoms with Crippen LogP contribution in [0, 0.1) is 0 Å². The van der Waals surface area contributed by atoms with E-state index in [2.05, 4.69) is 0 Å². The Morgan fingerprint density at radius 3 is 2.67 bits per heavy atom. The van der Waals surface area contributed by atoms with E-state index in [0.29, 0.717) is 5.69 Å². The molecule has 112 valence electrons. The molecule has 0 radical (unpaired) electrons. The maximum atomic E-state index is 12.4. The Bertz CT molecular complexity index is 587. The van der Waals surface area contributed by atoms with Gasteiger partial charge >= 0.3 is 12.0 Å². The second-order valence-corrected chi connectivity index (χ2v) is 5.07. The van der Waals surface area contributed by atoms with Crippen molar-refractivity contribution in [3.8, 4) is 0 Å².